The lowest BCUT2D eigenvalue weighted by Gasteiger charge is -2.56. The minimum absolute atomic E-state index is 0.352. The summed E-state index contributed by atoms with van der Waals surface area (Å²) in [6, 6.07) is 0. The fraction of sp³-hybridized carbons (Fsp3) is 0.909. The summed E-state index contributed by atoms with van der Waals surface area (Å²) >= 11 is 0. The van der Waals surface area contributed by atoms with Crippen LogP contribution in [0.4, 0.5) is 0 Å². The summed E-state index contributed by atoms with van der Waals surface area (Å²) in [4.78, 5) is 13.1. The molecule has 0 radical (unpaired) electrons. The first-order chi connectivity index (χ1) is 6.96. The van der Waals surface area contributed by atoms with Crippen LogP contribution in [0.15, 0.2) is 0 Å². The molecule has 2 heterocycles. The maximum absolute atomic E-state index is 11.1. The van der Waals surface area contributed by atoms with Gasteiger partial charge in [-0.15, -0.1) is 0 Å². The molecule has 0 atom stereocenters. The third kappa shape index (κ3) is 1.76. The van der Waals surface area contributed by atoms with E-state index in [9.17, 15) is 4.79 Å². The predicted octanol–water partition coefficient (Wildman–Crippen LogP) is 0.962. The van der Waals surface area contributed by atoms with E-state index in [4.69, 9.17) is 9.84 Å². The second kappa shape index (κ2) is 3.46. The van der Waals surface area contributed by atoms with Crippen LogP contribution in [0, 0.1) is 5.41 Å². The SMILES string of the molecule is CC(C)(C(=O)O)N1CC2(CCOCC2)C1. The Hall–Kier alpha value is -0.610. The third-order valence-corrected chi connectivity index (χ3v) is 3.92. The minimum atomic E-state index is -0.732. The van der Waals surface area contributed by atoms with Gasteiger partial charge in [0.2, 0.25) is 0 Å². The van der Waals surface area contributed by atoms with E-state index in [2.05, 4.69) is 4.90 Å². The first kappa shape index (κ1) is 10.9. The number of carboxylic acids is 1. The van der Waals surface area contributed by atoms with Crippen molar-refractivity contribution in [3.05, 3.63) is 0 Å². The Morgan fingerprint density at radius 2 is 1.87 bits per heavy atom. The van der Waals surface area contributed by atoms with Crippen molar-refractivity contribution in [2.75, 3.05) is 26.3 Å². The van der Waals surface area contributed by atoms with E-state index < -0.39 is 11.5 Å². The summed E-state index contributed by atoms with van der Waals surface area (Å²) in [5.74, 6) is -0.732. The number of ether oxygens (including phenoxy) is 1. The normalized spacial score (nSPS) is 26.3. The Bertz CT molecular complexity index is 261. The van der Waals surface area contributed by atoms with Crippen LogP contribution in [-0.4, -0.2) is 47.8 Å². The molecule has 0 saturated carbocycles. The van der Waals surface area contributed by atoms with Crippen molar-refractivity contribution in [2.24, 2.45) is 5.41 Å². The number of likely N-dealkylation sites (tertiary alicyclic amines) is 1. The Labute approximate surface area is 90.2 Å². The number of nitrogens with zero attached hydrogens (tertiary/aromatic N) is 1. The zero-order valence-corrected chi connectivity index (χ0v) is 9.45. The van der Waals surface area contributed by atoms with E-state index in [1.54, 1.807) is 13.8 Å². The van der Waals surface area contributed by atoms with Crippen LogP contribution in [0.1, 0.15) is 26.7 Å². The van der Waals surface area contributed by atoms with Gasteiger partial charge in [0.15, 0.2) is 0 Å². The largest absolute Gasteiger partial charge is 0.480 e. The first-order valence-corrected chi connectivity index (χ1v) is 5.53. The van der Waals surface area contributed by atoms with Crippen LogP contribution in [0.2, 0.25) is 0 Å². The molecule has 2 fully saturated rings. The Balaban J connectivity index is 1.94. The van der Waals surface area contributed by atoms with Gasteiger partial charge in [-0.1, -0.05) is 0 Å². The van der Waals surface area contributed by atoms with Gasteiger partial charge < -0.3 is 9.84 Å². The van der Waals surface area contributed by atoms with Gasteiger partial charge in [0.1, 0.15) is 5.54 Å². The molecular weight excluding hydrogens is 194 g/mol. The molecule has 15 heavy (non-hydrogen) atoms. The number of aliphatic carboxylic acids is 1. The van der Waals surface area contributed by atoms with Crippen LogP contribution in [0.3, 0.4) is 0 Å². The summed E-state index contributed by atoms with van der Waals surface area (Å²) in [5, 5.41) is 9.10. The fourth-order valence-electron chi connectivity index (χ4n) is 2.41. The zero-order chi connectivity index (χ0) is 11.1. The quantitative estimate of drug-likeness (QED) is 0.742. The number of carboxylic acid groups (broad SMARTS) is 1. The summed E-state index contributed by atoms with van der Waals surface area (Å²) in [5.41, 5.74) is -0.367. The highest BCUT2D eigenvalue weighted by molar-refractivity contribution is 5.77. The zero-order valence-electron chi connectivity index (χ0n) is 9.45. The molecule has 4 nitrogen and oxygen atoms in total. The topological polar surface area (TPSA) is 49.8 Å². The standard InChI is InChI=1S/C11H19NO3/c1-10(2,9(13)14)12-7-11(8-12)3-5-15-6-4-11/h3-8H2,1-2H3,(H,13,14). The molecule has 2 aliphatic rings. The summed E-state index contributed by atoms with van der Waals surface area (Å²) in [6.07, 6.45) is 2.17. The summed E-state index contributed by atoms with van der Waals surface area (Å²) in [7, 11) is 0. The molecule has 1 spiro atoms. The van der Waals surface area contributed by atoms with Gasteiger partial charge in [0.05, 0.1) is 0 Å². The van der Waals surface area contributed by atoms with Crippen molar-refractivity contribution < 1.29 is 14.6 Å². The van der Waals surface area contributed by atoms with E-state index >= 15 is 0 Å². The van der Waals surface area contributed by atoms with Crippen LogP contribution in [-0.2, 0) is 9.53 Å². The minimum Gasteiger partial charge on any atom is -0.480 e. The highest BCUT2D eigenvalue weighted by atomic mass is 16.5. The van der Waals surface area contributed by atoms with E-state index in [1.807, 2.05) is 0 Å². The summed E-state index contributed by atoms with van der Waals surface area (Å²) < 4.78 is 5.33. The second-order valence-corrected chi connectivity index (χ2v) is 5.33. The van der Waals surface area contributed by atoms with Crippen molar-refractivity contribution in [3.63, 3.8) is 0 Å². The number of hydrogen-bond acceptors (Lipinski definition) is 3. The van der Waals surface area contributed by atoms with Crippen LogP contribution >= 0.6 is 0 Å². The maximum Gasteiger partial charge on any atom is 0.323 e. The number of carbonyl (C=O) groups is 1. The molecule has 86 valence electrons. The van der Waals surface area contributed by atoms with Gasteiger partial charge in [-0.05, 0) is 26.7 Å². The molecule has 1 N–H and O–H groups in total. The van der Waals surface area contributed by atoms with Crippen molar-refractivity contribution in [3.8, 4) is 0 Å². The van der Waals surface area contributed by atoms with E-state index in [0.717, 1.165) is 39.1 Å². The van der Waals surface area contributed by atoms with Gasteiger partial charge in [-0.25, -0.2) is 0 Å². The van der Waals surface area contributed by atoms with Gasteiger partial charge in [-0.2, -0.15) is 0 Å². The molecule has 4 heteroatoms. The lowest BCUT2D eigenvalue weighted by atomic mass is 9.71. The Morgan fingerprint density at radius 1 is 1.33 bits per heavy atom. The molecule has 0 aromatic heterocycles. The summed E-state index contributed by atoms with van der Waals surface area (Å²) in [6.45, 7) is 7.05. The van der Waals surface area contributed by atoms with Crippen molar-refractivity contribution in [1.82, 2.24) is 4.90 Å². The predicted molar refractivity (Wildman–Crippen MR) is 55.8 cm³/mol. The Morgan fingerprint density at radius 3 is 2.33 bits per heavy atom. The molecule has 0 bridgehead atoms. The van der Waals surface area contributed by atoms with Crippen molar-refractivity contribution in [2.45, 2.75) is 32.2 Å². The Kier molecular flexibility index (Phi) is 2.51. The molecule has 0 aromatic carbocycles. The lowest BCUT2D eigenvalue weighted by Crippen LogP contribution is -2.66. The highest BCUT2D eigenvalue weighted by Gasteiger charge is 2.50. The van der Waals surface area contributed by atoms with E-state index in [0.29, 0.717) is 5.41 Å². The number of hydrogen-bond donors (Lipinski definition) is 1. The molecule has 2 aliphatic heterocycles. The molecule has 2 rings (SSSR count). The highest BCUT2D eigenvalue weighted by Crippen LogP contribution is 2.42. The molecule has 0 unspecified atom stereocenters. The third-order valence-electron chi connectivity index (χ3n) is 3.92. The van der Waals surface area contributed by atoms with E-state index in [1.165, 1.54) is 0 Å². The molecule has 2 saturated heterocycles. The van der Waals surface area contributed by atoms with Crippen LogP contribution in [0.25, 0.3) is 0 Å². The van der Waals surface area contributed by atoms with E-state index in [-0.39, 0.29) is 0 Å². The van der Waals surface area contributed by atoms with Gasteiger partial charge in [0, 0.05) is 31.7 Å². The smallest absolute Gasteiger partial charge is 0.323 e. The van der Waals surface area contributed by atoms with Crippen molar-refractivity contribution >= 4 is 5.97 Å². The monoisotopic (exact) mass is 213 g/mol. The lowest BCUT2D eigenvalue weighted by molar-refractivity contribution is -0.165. The van der Waals surface area contributed by atoms with Gasteiger partial charge >= 0.3 is 5.97 Å². The second-order valence-electron chi connectivity index (χ2n) is 5.33. The van der Waals surface area contributed by atoms with Gasteiger partial charge in [-0.3, -0.25) is 9.69 Å². The van der Waals surface area contributed by atoms with Crippen molar-refractivity contribution in [1.29, 1.82) is 0 Å². The fourth-order valence-corrected chi connectivity index (χ4v) is 2.41. The molecule has 0 amide bonds. The molecule has 0 aliphatic carbocycles. The average Bonchev–Trinajstić information content (AvgIpc) is 2.15. The van der Waals surface area contributed by atoms with Gasteiger partial charge in [0.25, 0.3) is 0 Å². The average molecular weight is 213 g/mol. The maximum atomic E-state index is 11.1. The molecular formula is C11H19NO3. The van der Waals surface area contributed by atoms with Crippen LogP contribution < -0.4 is 0 Å². The first-order valence-electron chi connectivity index (χ1n) is 5.53. The van der Waals surface area contributed by atoms with Crippen LogP contribution in [0.5, 0.6) is 0 Å². The molecule has 0 aromatic rings. The number of rotatable bonds is 2.